The van der Waals surface area contributed by atoms with E-state index in [1.165, 1.54) is 25.7 Å². The van der Waals surface area contributed by atoms with E-state index in [0.717, 1.165) is 6.42 Å². The summed E-state index contributed by atoms with van der Waals surface area (Å²) in [5.74, 6) is 0.535. The van der Waals surface area contributed by atoms with Crippen LogP contribution in [0.3, 0.4) is 0 Å². The summed E-state index contributed by atoms with van der Waals surface area (Å²) in [7, 11) is 2.01. The Bertz CT molecular complexity index is 297. The van der Waals surface area contributed by atoms with E-state index in [1.807, 2.05) is 7.05 Å². The zero-order valence-corrected chi connectivity index (χ0v) is 9.07. The minimum absolute atomic E-state index is 0.0854. The first-order chi connectivity index (χ1) is 7.24. The third-order valence-corrected chi connectivity index (χ3v) is 3.89. The van der Waals surface area contributed by atoms with Gasteiger partial charge in [-0.05, 0) is 32.2 Å². The van der Waals surface area contributed by atoms with Crippen molar-refractivity contribution in [1.29, 1.82) is 5.26 Å². The fraction of sp³-hybridized carbons (Fsp3) is 0.818. The molecule has 1 amide bonds. The molecule has 2 fully saturated rings. The van der Waals surface area contributed by atoms with Gasteiger partial charge in [0, 0.05) is 6.04 Å². The lowest BCUT2D eigenvalue weighted by atomic mass is 9.85. The Morgan fingerprint density at radius 1 is 1.47 bits per heavy atom. The number of likely N-dealkylation sites (tertiary alicyclic amines) is 1. The first kappa shape index (κ1) is 10.4. The van der Waals surface area contributed by atoms with Gasteiger partial charge in [-0.1, -0.05) is 12.8 Å². The van der Waals surface area contributed by atoms with Crippen molar-refractivity contribution < 1.29 is 4.79 Å². The van der Waals surface area contributed by atoms with E-state index in [9.17, 15) is 4.79 Å². The average molecular weight is 207 g/mol. The van der Waals surface area contributed by atoms with E-state index in [0.29, 0.717) is 12.0 Å². The van der Waals surface area contributed by atoms with Crippen LogP contribution in [0.1, 0.15) is 32.1 Å². The fourth-order valence-electron chi connectivity index (χ4n) is 3.11. The second kappa shape index (κ2) is 4.19. The molecule has 0 aromatic heterocycles. The SMILES string of the molecule is CN1C(C(=O)NC#N)CC2CCCCC21. The van der Waals surface area contributed by atoms with Crippen molar-refractivity contribution in [2.24, 2.45) is 5.92 Å². The summed E-state index contributed by atoms with van der Waals surface area (Å²) in [6, 6.07) is 0.478. The monoisotopic (exact) mass is 207 g/mol. The normalized spacial score (nSPS) is 35.6. The highest BCUT2D eigenvalue weighted by molar-refractivity contribution is 5.83. The summed E-state index contributed by atoms with van der Waals surface area (Å²) in [6.07, 6.45) is 7.66. The molecule has 15 heavy (non-hydrogen) atoms. The Labute approximate surface area is 90.2 Å². The molecule has 1 aliphatic carbocycles. The van der Waals surface area contributed by atoms with Gasteiger partial charge in [0.1, 0.15) is 0 Å². The Hall–Kier alpha value is -1.08. The van der Waals surface area contributed by atoms with E-state index in [2.05, 4.69) is 10.2 Å². The van der Waals surface area contributed by atoms with Gasteiger partial charge in [0.15, 0.2) is 6.19 Å². The van der Waals surface area contributed by atoms with Crippen LogP contribution in [0.25, 0.3) is 0 Å². The van der Waals surface area contributed by atoms with Crippen LogP contribution in [0, 0.1) is 17.4 Å². The maximum atomic E-state index is 11.6. The van der Waals surface area contributed by atoms with Crippen molar-refractivity contribution in [2.75, 3.05) is 7.05 Å². The molecule has 1 N–H and O–H groups in total. The standard InChI is InChI=1S/C11H17N3O/c1-14-9-5-3-2-4-8(9)6-10(14)11(15)13-7-12/h8-10H,2-6H2,1H3,(H,13,15). The zero-order valence-electron chi connectivity index (χ0n) is 9.07. The van der Waals surface area contributed by atoms with E-state index in [1.54, 1.807) is 6.19 Å². The third-order valence-electron chi connectivity index (χ3n) is 3.89. The van der Waals surface area contributed by atoms with E-state index in [-0.39, 0.29) is 11.9 Å². The molecule has 0 radical (unpaired) electrons. The lowest BCUT2D eigenvalue weighted by Gasteiger charge is -2.30. The molecule has 1 heterocycles. The molecule has 0 bridgehead atoms. The van der Waals surface area contributed by atoms with Crippen LogP contribution in [-0.2, 0) is 4.79 Å². The number of carbonyl (C=O) groups excluding carboxylic acids is 1. The first-order valence-corrected chi connectivity index (χ1v) is 5.65. The van der Waals surface area contributed by atoms with Gasteiger partial charge in [-0.2, -0.15) is 5.26 Å². The number of hydrogen-bond donors (Lipinski definition) is 1. The van der Waals surface area contributed by atoms with Crippen LogP contribution in [0.5, 0.6) is 0 Å². The summed E-state index contributed by atoms with van der Waals surface area (Å²) in [5, 5.41) is 10.7. The van der Waals surface area contributed by atoms with Gasteiger partial charge in [-0.25, -0.2) is 0 Å². The molecule has 2 aliphatic rings. The predicted molar refractivity (Wildman–Crippen MR) is 55.7 cm³/mol. The molecule has 0 spiro atoms. The molecular weight excluding hydrogens is 190 g/mol. The van der Waals surface area contributed by atoms with Crippen LogP contribution in [0.4, 0.5) is 0 Å². The van der Waals surface area contributed by atoms with Crippen molar-refractivity contribution in [3.8, 4) is 6.19 Å². The Balaban J connectivity index is 2.04. The van der Waals surface area contributed by atoms with Gasteiger partial charge in [-0.3, -0.25) is 15.0 Å². The van der Waals surface area contributed by atoms with E-state index < -0.39 is 0 Å². The van der Waals surface area contributed by atoms with Crippen LogP contribution >= 0.6 is 0 Å². The largest absolute Gasteiger partial charge is 0.292 e. The predicted octanol–water partition coefficient (Wildman–Crippen LogP) is 0.847. The molecule has 2 rings (SSSR count). The Morgan fingerprint density at radius 2 is 2.20 bits per heavy atom. The summed E-state index contributed by atoms with van der Waals surface area (Å²) in [6.45, 7) is 0. The van der Waals surface area contributed by atoms with Crippen molar-refractivity contribution >= 4 is 5.91 Å². The van der Waals surface area contributed by atoms with Crippen LogP contribution in [0.2, 0.25) is 0 Å². The third kappa shape index (κ3) is 1.84. The topological polar surface area (TPSA) is 56.1 Å². The van der Waals surface area contributed by atoms with E-state index >= 15 is 0 Å². The summed E-state index contributed by atoms with van der Waals surface area (Å²) >= 11 is 0. The summed E-state index contributed by atoms with van der Waals surface area (Å²) in [5.41, 5.74) is 0. The summed E-state index contributed by atoms with van der Waals surface area (Å²) < 4.78 is 0. The molecule has 1 aliphatic heterocycles. The second-order valence-electron chi connectivity index (χ2n) is 4.63. The number of nitriles is 1. The molecule has 3 atom stereocenters. The first-order valence-electron chi connectivity index (χ1n) is 5.65. The summed E-state index contributed by atoms with van der Waals surface area (Å²) in [4.78, 5) is 13.8. The lowest BCUT2D eigenvalue weighted by molar-refractivity contribution is -0.124. The highest BCUT2D eigenvalue weighted by Gasteiger charge is 2.42. The highest BCUT2D eigenvalue weighted by Crippen LogP contribution is 2.38. The molecular formula is C11H17N3O. The number of nitrogens with one attached hydrogen (secondary N) is 1. The molecule has 4 heteroatoms. The molecule has 0 aromatic carbocycles. The fourth-order valence-corrected chi connectivity index (χ4v) is 3.11. The molecule has 4 nitrogen and oxygen atoms in total. The number of fused-ring (bicyclic) bond motifs is 1. The Kier molecular flexibility index (Phi) is 2.92. The minimum Gasteiger partial charge on any atom is -0.292 e. The van der Waals surface area contributed by atoms with Crippen LogP contribution < -0.4 is 5.32 Å². The van der Waals surface area contributed by atoms with Crippen molar-refractivity contribution in [2.45, 2.75) is 44.2 Å². The second-order valence-corrected chi connectivity index (χ2v) is 4.63. The van der Waals surface area contributed by atoms with E-state index in [4.69, 9.17) is 5.26 Å². The van der Waals surface area contributed by atoms with Crippen LogP contribution in [-0.4, -0.2) is 29.9 Å². The van der Waals surface area contributed by atoms with Gasteiger partial charge in [0.25, 0.3) is 0 Å². The number of likely N-dealkylation sites (N-methyl/N-ethyl adjacent to an activating group) is 1. The average Bonchev–Trinajstić information content (AvgIpc) is 2.57. The Morgan fingerprint density at radius 3 is 2.87 bits per heavy atom. The van der Waals surface area contributed by atoms with Gasteiger partial charge in [0.05, 0.1) is 6.04 Å². The van der Waals surface area contributed by atoms with Crippen molar-refractivity contribution in [3.63, 3.8) is 0 Å². The number of hydrogen-bond acceptors (Lipinski definition) is 3. The van der Waals surface area contributed by atoms with Crippen molar-refractivity contribution in [1.82, 2.24) is 10.2 Å². The zero-order chi connectivity index (χ0) is 10.8. The molecule has 1 saturated heterocycles. The molecule has 3 unspecified atom stereocenters. The highest BCUT2D eigenvalue weighted by atomic mass is 16.2. The number of nitrogens with zero attached hydrogens (tertiary/aromatic N) is 2. The van der Waals surface area contributed by atoms with Gasteiger partial charge < -0.3 is 0 Å². The molecule has 82 valence electrons. The smallest absolute Gasteiger partial charge is 0.250 e. The van der Waals surface area contributed by atoms with Gasteiger partial charge >= 0.3 is 0 Å². The lowest BCUT2D eigenvalue weighted by Crippen LogP contribution is -2.43. The maximum absolute atomic E-state index is 11.6. The number of amides is 1. The van der Waals surface area contributed by atoms with Crippen molar-refractivity contribution in [3.05, 3.63) is 0 Å². The van der Waals surface area contributed by atoms with Gasteiger partial charge in [0.2, 0.25) is 5.91 Å². The molecule has 0 aromatic rings. The minimum atomic E-state index is -0.130. The maximum Gasteiger partial charge on any atom is 0.250 e. The van der Waals surface area contributed by atoms with Gasteiger partial charge in [-0.15, -0.1) is 0 Å². The number of rotatable bonds is 1. The van der Waals surface area contributed by atoms with Crippen LogP contribution in [0.15, 0.2) is 0 Å². The number of carbonyl (C=O) groups is 1. The quantitative estimate of drug-likeness (QED) is 0.512. The molecule has 1 saturated carbocycles.